The lowest BCUT2D eigenvalue weighted by molar-refractivity contribution is 0.0371. The van der Waals surface area contributed by atoms with Gasteiger partial charge in [0.05, 0.1) is 13.2 Å². The molecule has 1 rings (SSSR count). The van der Waals surface area contributed by atoms with Gasteiger partial charge in [-0.05, 0) is 144 Å². The van der Waals surface area contributed by atoms with E-state index in [0.29, 0.717) is 13.1 Å². The van der Waals surface area contributed by atoms with Crippen molar-refractivity contribution in [3.8, 4) is 0 Å². The van der Waals surface area contributed by atoms with E-state index in [0.717, 1.165) is 111 Å². The third-order valence-corrected chi connectivity index (χ3v) is 7.41. The SMILES string of the molecule is CCCCCN.CCCCN.CN(C)CCCCCN.NCCCCCN.NCCCCCN1CCOCC1.NCCCCCNCCN.NCCN. The Bertz CT molecular complexity index is 488. The van der Waals surface area contributed by atoms with Crippen molar-refractivity contribution < 1.29 is 4.74 Å². The van der Waals surface area contributed by atoms with Crippen molar-refractivity contribution in [2.24, 2.45) is 57.3 Å². The molecule has 1 aliphatic heterocycles. The molecule has 14 nitrogen and oxygen atoms in total. The van der Waals surface area contributed by atoms with Gasteiger partial charge in [-0.25, -0.2) is 0 Å². The molecule has 1 fully saturated rings. The summed E-state index contributed by atoms with van der Waals surface area (Å²) in [4.78, 5) is 4.68. The number of nitrogens with two attached hydrogens (primary N) is 10. The minimum absolute atomic E-state index is 0.597. The van der Waals surface area contributed by atoms with Gasteiger partial charge in [0.1, 0.15) is 0 Å². The van der Waals surface area contributed by atoms with E-state index >= 15 is 0 Å². The van der Waals surface area contributed by atoms with Gasteiger partial charge in [-0.2, -0.15) is 0 Å². The lowest BCUT2D eigenvalue weighted by atomic mass is 10.2. The molecule has 1 heterocycles. The second-order valence-electron chi connectivity index (χ2n) is 13.2. The number of hydrogen-bond acceptors (Lipinski definition) is 14. The van der Waals surface area contributed by atoms with Gasteiger partial charge in [0.25, 0.3) is 0 Å². The van der Waals surface area contributed by atoms with Crippen LogP contribution < -0.4 is 62.7 Å². The highest BCUT2D eigenvalue weighted by Crippen LogP contribution is 2.01. The molecule has 0 atom stereocenters. The first-order valence-electron chi connectivity index (χ1n) is 21.4. The Balaban J connectivity index is -0.000000125. The van der Waals surface area contributed by atoms with Crippen LogP contribution in [0.25, 0.3) is 0 Å². The van der Waals surface area contributed by atoms with Crippen LogP contribution in [0.3, 0.4) is 0 Å². The normalized spacial score (nSPS) is 11.8. The van der Waals surface area contributed by atoms with Crippen molar-refractivity contribution in [2.45, 2.75) is 123 Å². The van der Waals surface area contributed by atoms with Crippen LogP contribution in [0.4, 0.5) is 0 Å². The van der Waals surface area contributed by atoms with Gasteiger partial charge < -0.3 is 72.3 Å². The molecule has 1 saturated heterocycles. The maximum atomic E-state index is 5.41. The molecule has 21 N–H and O–H groups in total. The summed E-state index contributed by atoms with van der Waals surface area (Å²) in [6.07, 6.45) is 20.6. The van der Waals surface area contributed by atoms with E-state index in [2.05, 4.69) is 43.1 Å². The first kappa shape index (κ1) is 64.3. The Hall–Kier alpha value is -0.560. The van der Waals surface area contributed by atoms with Gasteiger partial charge in [-0.15, -0.1) is 0 Å². The zero-order chi connectivity index (χ0) is 41.3. The van der Waals surface area contributed by atoms with E-state index in [-0.39, 0.29) is 0 Å². The fourth-order valence-electron chi connectivity index (χ4n) is 4.09. The molecule has 0 aromatic heterocycles. The average Bonchev–Trinajstić information content (AvgIpc) is 3.18. The van der Waals surface area contributed by atoms with Gasteiger partial charge in [0.15, 0.2) is 0 Å². The topological polar surface area (TPSA) is 288 Å². The van der Waals surface area contributed by atoms with Crippen LogP contribution in [0, 0.1) is 0 Å². The summed E-state index contributed by atoms with van der Waals surface area (Å²) in [5.41, 5.74) is 52.0. The smallest absolute Gasteiger partial charge is 0.0594 e. The second-order valence-corrected chi connectivity index (χ2v) is 13.2. The van der Waals surface area contributed by atoms with Gasteiger partial charge in [0.2, 0.25) is 0 Å². The van der Waals surface area contributed by atoms with Crippen molar-refractivity contribution in [3.05, 3.63) is 0 Å². The zero-order valence-corrected chi connectivity index (χ0v) is 36.3. The van der Waals surface area contributed by atoms with E-state index in [4.69, 9.17) is 62.1 Å². The summed E-state index contributed by atoms with van der Waals surface area (Å²) < 4.78 is 5.27. The Morgan fingerprint density at radius 2 is 0.830 bits per heavy atom. The number of hydrogen-bond donors (Lipinski definition) is 11. The van der Waals surface area contributed by atoms with E-state index < -0.39 is 0 Å². The van der Waals surface area contributed by atoms with E-state index in [1.54, 1.807) is 0 Å². The Kier molecular flexibility index (Phi) is 88.2. The quantitative estimate of drug-likeness (QED) is 0.0530. The molecule has 0 radical (unpaired) electrons. The molecule has 0 aromatic carbocycles. The largest absolute Gasteiger partial charge is 0.379 e. The Morgan fingerprint density at radius 3 is 1.17 bits per heavy atom. The number of morpholine rings is 1. The number of nitrogens with zero attached hydrogens (tertiary/aromatic N) is 2. The predicted molar refractivity (Wildman–Crippen MR) is 239 cm³/mol. The Morgan fingerprint density at radius 1 is 0.434 bits per heavy atom. The summed E-state index contributed by atoms with van der Waals surface area (Å²) in [6.45, 7) is 20.5. The number of ether oxygens (including phenoxy) is 1. The van der Waals surface area contributed by atoms with Gasteiger partial charge in [-0.1, -0.05) is 58.8 Å². The molecule has 0 saturated carbocycles. The molecule has 0 aliphatic carbocycles. The fourth-order valence-corrected chi connectivity index (χ4v) is 4.09. The van der Waals surface area contributed by atoms with E-state index in [9.17, 15) is 0 Å². The molecule has 14 heteroatoms. The highest BCUT2D eigenvalue weighted by molar-refractivity contribution is 4.61. The third kappa shape index (κ3) is 94.7. The van der Waals surface area contributed by atoms with Crippen LogP contribution in [-0.2, 0) is 4.74 Å². The second kappa shape index (κ2) is 72.7. The highest BCUT2D eigenvalue weighted by Gasteiger charge is 2.08. The van der Waals surface area contributed by atoms with Crippen molar-refractivity contribution in [2.75, 3.05) is 132 Å². The zero-order valence-electron chi connectivity index (χ0n) is 36.3. The van der Waals surface area contributed by atoms with E-state index in [1.807, 2.05) is 0 Å². The maximum Gasteiger partial charge on any atom is 0.0594 e. The molecule has 1 aliphatic rings. The van der Waals surface area contributed by atoms with Gasteiger partial charge >= 0.3 is 0 Å². The van der Waals surface area contributed by atoms with Crippen LogP contribution in [0.1, 0.15) is 123 Å². The van der Waals surface area contributed by atoms with Crippen molar-refractivity contribution in [1.29, 1.82) is 0 Å². The van der Waals surface area contributed by atoms with E-state index in [1.165, 1.54) is 103 Å². The first-order valence-corrected chi connectivity index (χ1v) is 21.4. The Labute approximate surface area is 331 Å². The monoisotopic (exact) mass is 770 g/mol. The number of unbranched alkanes of at least 4 members (excludes halogenated alkanes) is 11. The van der Waals surface area contributed by atoms with Crippen LogP contribution in [0.15, 0.2) is 0 Å². The van der Waals surface area contributed by atoms with Crippen molar-refractivity contribution in [3.63, 3.8) is 0 Å². The summed E-state index contributed by atoms with van der Waals surface area (Å²) >= 11 is 0. The predicted octanol–water partition coefficient (Wildman–Crippen LogP) is 1.65. The number of rotatable bonds is 27. The summed E-state index contributed by atoms with van der Waals surface area (Å²) in [6, 6.07) is 0. The average molecular weight is 770 g/mol. The van der Waals surface area contributed by atoms with Crippen molar-refractivity contribution >= 4 is 0 Å². The van der Waals surface area contributed by atoms with Crippen molar-refractivity contribution in [1.82, 2.24) is 15.1 Å². The summed E-state index contributed by atoms with van der Waals surface area (Å²) in [5.74, 6) is 0. The van der Waals surface area contributed by atoms with Crippen LogP contribution in [-0.4, -0.2) is 142 Å². The lowest BCUT2D eigenvalue weighted by Gasteiger charge is -2.26. The molecule has 0 aromatic rings. The minimum Gasteiger partial charge on any atom is -0.379 e. The van der Waals surface area contributed by atoms with Crippen LogP contribution in [0.5, 0.6) is 0 Å². The standard InChI is InChI=1S/C9H20N2O.C7H19N3.C7H18N2.C5H14N2.C5H13N.C4H11N.C2H8N2/c10-4-2-1-3-5-11-6-8-12-9-7-11;8-4-2-1-3-6-10-7-5-9;1-9(2)7-5-3-4-6-8;6-4-2-1-3-5-7;1-2-3-4-5-6;1-2-3-4-5;3-1-2-4/h1-10H2;10H,1-9H2;3-8H2,1-2H3;1-7H2;2-6H2,1H3;2-5H2,1H3;1-4H2. The summed E-state index contributed by atoms with van der Waals surface area (Å²) in [5, 5.41) is 3.23. The summed E-state index contributed by atoms with van der Waals surface area (Å²) in [7, 11) is 4.20. The molecule has 0 spiro atoms. The van der Waals surface area contributed by atoms with Crippen LogP contribution >= 0.6 is 0 Å². The molecule has 0 bridgehead atoms. The maximum absolute atomic E-state index is 5.41. The lowest BCUT2D eigenvalue weighted by Crippen LogP contribution is -2.36. The molecule has 330 valence electrons. The third-order valence-electron chi connectivity index (χ3n) is 7.41. The van der Waals surface area contributed by atoms with Crippen LogP contribution in [0.2, 0.25) is 0 Å². The minimum atomic E-state index is 0.597. The van der Waals surface area contributed by atoms with Gasteiger partial charge in [0, 0.05) is 39.3 Å². The first-order chi connectivity index (χ1) is 25.8. The molecular formula is C39H103N13O. The molecule has 0 unspecified atom stereocenters. The molecule has 53 heavy (non-hydrogen) atoms. The highest BCUT2D eigenvalue weighted by atomic mass is 16.5. The number of nitrogens with one attached hydrogen (secondary N) is 1. The molecular weight excluding hydrogens is 667 g/mol. The molecule has 0 amide bonds. The van der Waals surface area contributed by atoms with Gasteiger partial charge in [-0.3, -0.25) is 4.90 Å². The fraction of sp³-hybridized carbons (Fsp3) is 1.00.